The van der Waals surface area contributed by atoms with Gasteiger partial charge >= 0.3 is 16.4 Å². The average molecular weight is 254 g/mol. The molecule has 92 valence electrons. The maximum absolute atomic E-state index is 5.71. The molecule has 0 radical (unpaired) electrons. The molecular weight excluding hydrogens is 232 g/mol. The molecule has 0 unspecified atom stereocenters. The molecule has 0 aliphatic carbocycles. The second-order valence-electron chi connectivity index (χ2n) is 2.98. The van der Waals surface area contributed by atoms with Crippen molar-refractivity contribution in [2.45, 2.75) is 20.4 Å². The third-order valence-electron chi connectivity index (χ3n) is 2.20. The lowest BCUT2D eigenvalue weighted by molar-refractivity contribution is 0.106. The fraction of sp³-hybridized carbons (Fsp3) is 1.00. The molecule has 0 rings (SSSR count). The Balaban J connectivity index is 4.97. The van der Waals surface area contributed by atoms with E-state index in [9.17, 15) is 0 Å². The van der Waals surface area contributed by atoms with Gasteiger partial charge in [-0.3, -0.25) is 0 Å². The fourth-order valence-corrected chi connectivity index (χ4v) is 9.99. The largest absolute Gasteiger partial charge is 0.538 e. The third-order valence-corrected chi connectivity index (χ3v) is 12.6. The van der Waals surface area contributed by atoms with Gasteiger partial charge in [-0.2, -0.15) is 0 Å². The molecule has 0 fully saturated rings. The van der Waals surface area contributed by atoms with Crippen LogP contribution < -0.4 is 0 Å². The van der Waals surface area contributed by atoms with Crippen LogP contribution in [0.3, 0.4) is 0 Å². The molecule has 0 aromatic rings. The maximum atomic E-state index is 5.71. The predicted octanol–water partition coefficient (Wildman–Crippen LogP) is 1.09. The molecule has 5 nitrogen and oxygen atoms in total. The van der Waals surface area contributed by atoms with E-state index >= 15 is 0 Å². The van der Waals surface area contributed by atoms with E-state index in [1.807, 2.05) is 20.4 Å². The molecule has 0 aliphatic heterocycles. The second kappa shape index (κ2) is 6.74. The second-order valence-corrected chi connectivity index (χ2v) is 12.3. The Morgan fingerprint density at radius 3 is 1.33 bits per heavy atom. The molecule has 0 amide bonds. The number of hydrogen-bond acceptors (Lipinski definition) is 5. The fourth-order valence-electron chi connectivity index (χ4n) is 1.58. The molecule has 0 bridgehead atoms. The van der Waals surface area contributed by atoms with Crippen LogP contribution in [-0.2, 0) is 22.1 Å². The molecule has 0 atom stereocenters. The van der Waals surface area contributed by atoms with Crippen molar-refractivity contribution in [1.29, 1.82) is 0 Å². The first-order valence-electron chi connectivity index (χ1n) is 4.99. The van der Waals surface area contributed by atoms with Crippen molar-refractivity contribution in [2.75, 3.05) is 34.5 Å². The topological polar surface area (TPSA) is 46.2 Å². The summed E-state index contributed by atoms with van der Waals surface area (Å²) in [5, 5.41) is 0. The van der Waals surface area contributed by atoms with E-state index in [1.54, 1.807) is 21.3 Å². The lowest BCUT2D eigenvalue weighted by Crippen LogP contribution is -2.69. The van der Waals surface area contributed by atoms with E-state index in [1.165, 1.54) is 0 Å². The summed E-state index contributed by atoms with van der Waals surface area (Å²) >= 11 is 0. The van der Waals surface area contributed by atoms with Crippen molar-refractivity contribution < 1.29 is 22.1 Å². The Hall–Kier alpha value is 0.234. The molecule has 0 saturated heterocycles. The van der Waals surface area contributed by atoms with E-state index in [-0.39, 0.29) is 0 Å². The van der Waals surface area contributed by atoms with Gasteiger partial charge < -0.3 is 22.1 Å². The average Bonchev–Trinajstić information content (AvgIpc) is 2.21. The van der Waals surface area contributed by atoms with Crippen molar-refractivity contribution in [3.05, 3.63) is 0 Å². The molecule has 0 spiro atoms. The van der Waals surface area contributed by atoms with Crippen LogP contribution in [0, 0.1) is 0 Å². The van der Waals surface area contributed by atoms with Crippen LogP contribution in [0.4, 0.5) is 0 Å². The van der Waals surface area contributed by atoms with Crippen LogP contribution in [0.25, 0.3) is 0 Å². The van der Waals surface area contributed by atoms with Gasteiger partial charge in [-0.05, 0) is 20.4 Å². The molecule has 7 heteroatoms. The van der Waals surface area contributed by atoms with Crippen LogP contribution in [0.15, 0.2) is 0 Å². The molecular formula is C8H22O5Si2. The van der Waals surface area contributed by atoms with Crippen LogP contribution in [0.5, 0.6) is 0 Å². The minimum Gasteiger partial charge on any atom is -0.392 e. The molecule has 0 aromatic carbocycles. The van der Waals surface area contributed by atoms with Crippen molar-refractivity contribution >= 4 is 16.4 Å². The summed E-state index contributed by atoms with van der Waals surface area (Å²) in [7, 11) is -0.660. The van der Waals surface area contributed by atoms with E-state index in [2.05, 4.69) is 0 Å². The van der Waals surface area contributed by atoms with Gasteiger partial charge in [0.05, 0.1) is 0 Å². The minimum atomic E-state index is -2.82. The van der Waals surface area contributed by atoms with Gasteiger partial charge in [0.15, 0.2) is 0 Å². The van der Waals surface area contributed by atoms with Gasteiger partial charge in [-0.25, -0.2) is 0 Å². The Bertz CT molecular complexity index is 160. The Kier molecular flexibility index (Phi) is 6.84. The van der Waals surface area contributed by atoms with Crippen molar-refractivity contribution in [3.8, 4) is 0 Å². The Morgan fingerprint density at radius 2 is 1.13 bits per heavy atom. The summed E-state index contributed by atoms with van der Waals surface area (Å²) in [4.78, 5) is 0. The SMILES string of the molecule is CCO[Si](C)(OCC)[Si](OC)(OC)OC. The highest BCUT2D eigenvalue weighted by Crippen LogP contribution is 2.23. The Morgan fingerprint density at radius 1 is 0.800 bits per heavy atom. The highest BCUT2D eigenvalue weighted by Gasteiger charge is 2.64. The standard InChI is InChI=1S/C8H22O5Si2/c1-7-12-14(6,13-8-2)15(9-3,10-4)11-5/h7-8H2,1-6H3. The lowest BCUT2D eigenvalue weighted by Gasteiger charge is -2.37. The van der Waals surface area contributed by atoms with Crippen LogP contribution in [0.2, 0.25) is 6.55 Å². The number of rotatable bonds is 8. The quantitative estimate of drug-likeness (QED) is 0.607. The first kappa shape index (κ1) is 15.2. The molecule has 0 heterocycles. The normalized spacial score (nSPS) is 13.2. The summed E-state index contributed by atoms with van der Waals surface area (Å²) < 4.78 is 27.7. The van der Waals surface area contributed by atoms with E-state index in [0.717, 1.165) is 0 Å². The summed E-state index contributed by atoms with van der Waals surface area (Å²) in [6.45, 7) is 6.89. The van der Waals surface area contributed by atoms with Gasteiger partial charge in [0, 0.05) is 34.5 Å². The molecule has 15 heavy (non-hydrogen) atoms. The van der Waals surface area contributed by atoms with Crippen molar-refractivity contribution in [1.82, 2.24) is 0 Å². The van der Waals surface area contributed by atoms with E-state index < -0.39 is 16.4 Å². The van der Waals surface area contributed by atoms with Gasteiger partial charge in [0.25, 0.3) is 0 Å². The molecule has 0 aliphatic rings. The van der Waals surface area contributed by atoms with Crippen LogP contribution in [0.1, 0.15) is 13.8 Å². The summed E-state index contributed by atoms with van der Waals surface area (Å²) in [6.07, 6.45) is 0. The van der Waals surface area contributed by atoms with Crippen molar-refractivity contribution in [3.63, 3.8) is 0 Å². The predicted molar refractivity (Wildman–Crippen MR) is 61.7 cm³/mol. The molecule has 0 saturated carbocycles. The zero-order valence-electron chi connectivity index (χ0n) is 10.5. The zero-order valence-corrected chi connectivity index (χ0v) is 12.5. The monoisotopic (exact) mass is 254 g/mol. The summed E-state index contributed by atoms with van der Waals surface area (Å²) in [5.41, 5.74) is 0. The van der Waals surface area contributed by atoms with E-state index in [4.69, 9.17) is 22.1 Å². The lowest BCUT2D eigenvalue weighted by atomic mass is 10.9. The smallest absolute Gasteiger partial charge is 0.392 e. The van der Waals surface area contributed by atoms with E-state index in [0.29, 0.717) is 13.2 Å². The van der Waals surface area contributed by atoms with Gasteiger partial charge in [0.1, 0.15) is 0 Å². The van der Waals surface area contributed by atoms with Gasteiger partial charge in [-0.15, -0.1) is 0 Å². The maximum Gasteiger partial charge on any atom is 0.538 e. The van der Waals surface area contributed by atoms with Gasteiger partial charge in [0.2, 0.25) is 0 Å². The Labute approximate surface area is 94.0 Å². The zero-order chi connectivity index (χ0) is 11.9. The minimum absolute atomic E-state index is 0.563. The van der Waals surface area contributed by atoms with Crippen LogP contribution >= 0.6 is 0 Å². The number of hydrogen-bond donors (Lipinski definition) is 0. The summed E-state index contributed by atoms with van der Waals surface area (Å²) in [5.74, 6) is 0. The molecule has 0 N–H and O–H groups in total. The third kappa shape index (κ3) is 3.10. The highest BCUT2D eigenvalue weighted by atomic mass is 29.3. The van der Waals surface area contributed by atoms with Gasteiger partial charge in [-0.1, -0.05) is 0 Å². The van der Waals surface area contributed by atoms with Crippen LogP contribution in [-0.4, -0.2) is 50.9 Å². The first-order valence-corrected chi connectivity index (χ1v) is 10.0. The highest BCUT2D eigenvalue weighted by molar-refractivity contribution is 7.28. The van der Waals surface area contributed by atoms with Crippen molar-refractivity contribution in [2.24, 2.45) is 0 Å². The summed E-state index contributed by atoms with van der Waals surface area (Å²) in [6, 6.07) is 0. The first-order chi connectivity index (χ1) is 7.05. The molecule has 0 aromatic heterocycles.